The Balaban J connectivity index is 0.00000169. The fourth-order valence-corrected chi connectivity index (χ4v) is 4.66. The zero-order valence-corrected chi connectivity index (χ0v) is 17.0. The SMILES string of the molecule is CN=C(NCc1nnc2n1CCC2)N1CCC2(CCCCC2)C1.I. The third-order valence-corrected chi connectivity index (χ3v) is 5.95. The van der Waals surface area contributed by atoms with Crippen LogP contribution in [0.25, 0.3) is 0 Å². The van der Waals surface area contributed by atoms with E-state index < -0.39 is 0 Å². The molecule has 6 nitrogen and oxygen atoms in total. The predicted molar refractivity (Wildman–Crippen MR) is 106 cm³/mol. The number of guanidine groups is 1. The van der Waals surface area contributed by atoms with Crippen LogP contribution in [0, 0.1) is 5.41 Å². The molecule has 24 heavy (non-hydrogen) atoms. The van der Waals surface area contributed by atoms with Crippen molar-refractivity contribution in [3.05, 3.63) is 11.6 Å². The average molecular weight is 444 g/mol. The van der Waals surface area contributed by atoms with Crippen molar-refractivity contribution in [1.82, 2.24) is 25.0 Å². The standard InChI is InChI=1S/C17H28N6.HI/c1-18-16(19-12-15-21-20-14-6-5-10-23(14)15)22-11-9-17(13-22)7-3-2-4-8-17;/h2-13H2,1H3,(H,18,19);1H. The summed E-state index contributed by atoms with van der Waals surface area (Å²) < 4.78 is 2.26. The van der Waals surface area contributed by atoms with Crippen LogP contribution in [0.1, 0.15) is 56.6 Å². The molecule has 0 amide bonds. The van der Waals surface area contributed by atoms with Gasteiger partial charge in [0.1, 0.15) is 5.82 Å². The number of nitrogens with one attached hydrogen (secondary N) is 1. The number of hydrogen-bond acceptors (Lipinski definition) is 3. The maximum Gasteiger partial charge on any atom is 0.194 e. The van der Waals surface area contributed by atoms with Gasteiger partial charge in [0.15, 0.2) is 11.8 Å². The van der Waals surface area contributed by atoms with E-state index in [4.69, 9.17) is 0 Å². The zero-order valence-electron chi connectivity index (χ0n) is 14.6. The average Bonchev–Trinajstić information content (AvgIpc) is 3.27. The second kappa shape index (κ2) is 7.58. The first-order valence-corrected chi connectivity index (χ1v) is 9.16. The van der Waals surface area contributed by atoms with Crippen LogP contribution in [0.2, 0.25) is 0 Å². The fraction of sp³-hybridized carbons (Fsp3) is 0.824. The molecule has 3 heterocycles. The monoisotopic (exact) mass is 444 g/mol. The number of aromatic nitrogens is 3. The molecule has 2 fully saturated rings. The first kappa shape index (κ1) is 17.9. The van der Waals surface area contributed by atoms with Crippen LogP contribution in [-0.2, 0) is 19.5 Å². The van der Waals surface area contributed by atoms with Crippen LogP contribution in [0.3, 0.4) is 0 Å². The molecule has 1 saturated carbocycles. The fourth-order valence-electron chi connectivity index (χ4n) is 4.66. The van der Waals surface area contributed by atoms with Crippen LogP contribution in [0.4, 0.5) is 0 Å². The summed E-state index contributed by atoms with van der Waals surface area (Å²) in [5, 5.41) is 12.1. The molecule has 0 aromatic carbocycles. The molecule has 3 aliphatic rings. The molecular weight excluding hydrogens is 415 g/mol. The molecule has 1 N–H and O–H groups in total. The zero-order chi connectivity index (χ0) is 15.7. The minimum atomic E-state index is 0. The van der Waals surface area contributed by atoms with Crippen LogP contribution in [-0.4, -0.2) is 45.8 Å². The van der Waals surface area contributed by atoms with Gasteiger partial charge in [-0.15, -0.1) is 34.2 Å². The number of aryl methyl sites for hydroxylation is 1. The molecule has 7 heteroatoms. The number of nitrogens with zero attached hydrogens (tertiary/aromatic N) is 5. The van der Waals surface area contributed by atoms with Crippen LogP contribution < -0.4 is 5.32 Å². The molecular formula is C17H29IN6. The van der Waals surface area contributed by atoms with Gasteiger partial charge < -0.3 is 14.8 Å². The Morgan fingerprint density at radius 3 is 2.75 bits per heavy atom. The Hall–Kier alpha value is -0.860. The van der Waals surface area contributed by atoms with Crippen molar-refractivity contribution >= 4 is 29.9 Å². The first-order chi connectivity index (χ1) is 11.3. The van der Waals surface area contributed by atoms with E-state index in [2.05, 4.69) is 30.0 Å². The summed E-state index contributed by atoms with van der Waals surface area (Å²) >= 11 is 0. The quantitative estimate of drug-likeness (QED) is 0.433. The highest BCUT2D eigenvalue weighted by molar-refractivity contribution is 14.0. The molecule has 0 atom stereocenters. The van der Waals surface area contributed by atoms with Gasteiger partial charge in [-0.05, 0) is 31.1 Å². The molecule has 4 rings (SSSR count). The largest absolute Gasteiger partial charge is 0.349 e. The molecule has 0 radical (unpaired) electrons. The van der Waals surface area contributed by atoms with Crippen molar-refractivity contribution in [1.29, 1.82) is 0 Å². The maximum atomic E-state index is 4.52. The van der Waals surface area contributed by atoms with Crippen LogP contribution in [0.15, 0.2) is 4.99 Å². The lowest BCUT2D eigenvalue weighted by Crippen LogP contribution is -2.41. The van der Waals surface area contributed by atoms with Crippen molar-refractivity contribution in [2.75, 3.05) is 20.1 Å². The number of hydrogen-bond donors (Lipinski definition) is 1. The van der Waals surface area contributed by atoms with Crippen molar-refractivity contribution in [2.24, 2.45) is 10.4 Å². The summed E-state index contributed by atoms with van der Waals surface area (Å²) in [6, 6.07) is 0. The van der Waals surface area contributed by atoms with E-state index in [1.54, 1.807) is 0 Å². The Labute approximate surface area is 161 Å². The van der Waals surface area contributed by atoms with Gasteiger partial charge in [-0.2, -0.15) is 0 Å². The van der Waals surface area contributed by atoms with Gasteiger partial charge in [0.25, 0.3) is 0 Å². The van der Waals surface area contributed by atoms with E-state index in [1.165, 1.54) is 51.5 Å². The van der Waals surface area contributed by atoms with E-state index in [0.717, 1.165) is 43.7 Å². The van der Waals surface area contributed by atoms with Gasteiger partial charge in [0.2, 0.25) is 0 Å². The maximum absolute atomic E-state index is 4.52. The molecule has 1 saturated heterocycles. The lowest BCUT2D eigenvalue weighted by atomic mass is 9.73. The number of likely N-dealkylation sites (tertiary alicyclic amines) is 1. The molecule has 1 aromatic heterocycles. The lowest BCUT2D eigenvalue weighted by molar-refractivity contribution is 0.203. The molecule has 134 valence electrons. The minimum absolute atomic E-state index is 0. The summed E-state index contributed by atoms with van der Waals surface area (Å²) in [5.74, 6) is 3.21. The van der Waals surface area contributed by atoms with Crippen molar-refractivity contribution < 1.29 is 0 Å². The molecule has 1 aromatic rings. The summed E-state index contributed by atoms with van der Waals surface area (Å²) in [7, 11) is 1.89. The Morgan fingerprint density at radius 2 is 1.96 bits per heavy atom. The second-order valence-corrected chi connectivity index (χ2v) is 7.42. The second-order valence-electron chi connectivity index (χ2n) is 7.42. The Morgan fingerprint density at radius 1 is 1.12 bits per heavy atom. The number of aliphatic imine (C=N–C) groups is 1. The number of fused-ring (bicyclic) bond motifs is 1. The van der Waals surface area contributed by atoms with Gasteiger partial charge in [-0.3, -0.25) is 4.99 Å². The van der Waals surface area contributed by atoms with Gasteiger partial charge in [-0.1, -0.05) is 19.3 Å². The van der Waals surface area contributed by atoms with E-state index in [9.17, 15) is 0 Å². The van der Waals surface area contributed by atoms with Gasteiger partial charge in [-0.25, -0.2) is 0 Å². The summed E-state index contributed by atoms with van der Waals surface area (Å²) in [4.78, 5) is 6.97. The predicted octanol–water partition coefficient (Wildman–Crippen LogP) is 2.57. The topological polar surface area (TPSA) is 58.3 Å². The summed E-state index contributed by atoms with van der Waals surface area (Å²) in [6.07, 6.45) is 10.6. The van der Waals surface area contributed by atoms with Crippen molar-refractivity contribution in [2.45, 2.75) is 64.5 Å². The van der Waals surface area contributed by atoms with E-state index in [1.807, 2.05) is 7.05 Å². The summed E-state index contributed by atoms with van der Waals surface area (Å²) in [5.41, 5.74) is 0.561. The number of rotatable bonds is 2. The third kappa shape index (κ3) is 3.41. The van der Waals surface area contributed by atoms with Crippen molar-refractivity contribution in [3.63, 3.8) is 0 Å². The highest BCUT2D eigenvalue weighted by Gasteiger charge is 2.39. The van der Waals surface area contributed by atoms with Gasteiger partial charge >= 0.3 is 0 Å². The number of halogens is 1. The normalized spacial score (nSPS) is 22.5. The molecule has 1 spiro atoms. The Bertz CT molecular complexity index is 590. The molecule has 0 unspecified atom stereocenters. The summed E-state index contributed by atoms with van der Waals surface area (Å²) in [6.45, 7) is 4.09. The van der Waals surface area contributed by atoms with Crippen LogP contribution >= 0.6 is 24.0 Å². The molecule has 2 aliphatic heterocycles. The molecule has 1 aliphatic carbocycles. The van der Waals surface area contributed by atoms with Crippen molar-refractivity contribution in [3.8, 4) is 0 Å². The highest BCUT2D eigenvalue weighted by Crippen LogP contribution is 2.43. The smallest absolute Gasteiger partial charge is 0.194 e. The van der Waals surface area contributed by atoms with E-state index in [-0.39, 0.29) is 24.0 Å². The third-order valence-electron chi connectivity index (χ3n) is 5.95. The lowest BCUT2D eigenvalue weighted by Gasteiger charge is -2.33. The van der Waals surface area contributed by atoms with E-state index >= 15 is 0 Å². The van der Waals surface area contributed by atoms with E-state index in [0.29, 0.717) is 5.41 Å². The van der Waals surface area contributed by atoms with Crippen LogP contribution in [0.5, 0.6) is 0 Å². The molecule has 0 bridgehead atoms. The minimum Gasteiger partial charge on any atom is -0.349 e. The van der Waals surface area contributed by atoms with Gasteiger partial charge in [0, 0.05) is 33.1 Å². The highest BCUT2D eigenvalue weighted by atomic mass is 127. The first-order valence-electron chi connectivity index (χ1n) is 9.16. The van der Waals surface area contributed by atoms with Gasteiger partial charge in [0.05, 0.1) is 6.54 Å². The Kier molecular flexibility index (Phi) is 5.66.